The van der Waals surface area contributed by atoms with E-state index in [-0.39, 0.29) is 12.6 Å². The van der Waals surface area contributed by atoms with Crippen LogP contribution in [0.5, 0.6) is 0 Å². The first kappa shape index (κ1) is 17.3. The van der Waals surface area contributed by atoms with Crippen LogP contribution in [0.4, 0.5) is 21.0 Å². The van der Waals surface area contributed by atoms with E-state index in [4.69, 9.17) is 4.74 Å². The smallest absolute Gasteiger partial charge is 0.411 e. The van der Waals surface area contributed by atoms with Gasteiger partial charge in [0.1, 0.15) is 6.61 Å². The first-order valence-electron chi connectivity index (χ1n) is 7.58. The van der Waals surface area contributed by atoms with Crippen LogP contribution in [0.1, 0.15) is 13.8 Å². The lowest BCUT2D eigenvalue weighted by atomic mass is 10.1. The van der Waals surface area contributed by atoms with Gasteiger partial charge in [-0.2, -0.15) is 0 Å². The zero-order valence-corrected chi connectivity index (χ0v) is 13.7. The number of benzene rings is 2. The molecule has 0 heterocycles. The molecule has 126 valence electrons. The highest BCUT2D eigenvalue weighted by Crippen LogP contribution is 2.09. The maximum atomic E-state index is 12.0. The molecule has 0 saturated heterocycles. The fraction of sp³-hybridized carbons (Fsp3) is 0.222. The number of carbonyl (C=O) groups is 2. The van der Waals surface area contributed by atoms with Crippen LogP contribution in [0.25, 0.3) is 0 Å². The van der Waals surface area contributed by atoms with Crippen molar-refractivity contribution in [2.75, 3.05) is 17.2 Å². The molecule has 24 heavy (non-hydrogen) atoms. The maximum Gasteiger partial charge on any atom is 0.411 e. The zero-order valence-electron chi connectivity index (χ0n) is 13.7. The molecule has 3 amide bonds. The van der Waals surface area contributed by atoms with Crippen LogP contribution in [0.3, 0.4) is 0 Å². The molecule has 0 aliphatic heterocycles. The van der Waals surface area contributed by atoms with Crippen LogP contribution < -0.4 is 16.0 Å². The van der Waals surface area contributed by atoms with E-state index in [1.165, 1.54) is 0 Å². The largest absolute Gasteiger partial charge is 0.447 e. The summed E-state index contributed by atoms with van der Waals surface area (Å²) in [6.45, 7) is 3.58. The summed E-state index contributed by atoms with van der Waals surface area (Å²) in [5, 5.41) is 8.11. The fourth-order valence-electron chi connectivity index (χ4n) is 1.95. The predicted octanol–water partition coefficient (Wildman–Crippen LogP) is 3.84. The van der Waals surface area contributed by atoms with E-state index >= 15 is 0 Å². The molecule has 3 N–H and O–H groups in total. The van der Waals surface area contributed by atoms with E-state index in [0.717, 1.165) is 0 Å². The van der Waals surface area contributed by atoms with E-state index in [9.17, 15) is 9.59 Å². The molecule has 2 aromatic carbocycles. The fourth-order valence-corrected chi connectivity index (χ4v) is 1.95. The third-order valence-corrected chi connectivity index (χ3v) is 3.07. The summed E-state index contributed by atoms with van der Waals surface area (Å²) in [4.78, 5) is 23.8. The number of nitrogens with one attached hydrogen (secondary N) is 3. The summed E-state index contributed by atoms with van der Waals surface area (Å²) in [5.74, 6) is 0. The van der Waals surface area contributed by atoms with E-state index in [2.05, 4.69) is 16.0 Å². The molecule has 0 radical (unpaired) electrons. The van der Waals surface area contributed by atoms with Gasteiger partial charge in [0.25, 0.3) is 0 Å². The number of para-hydroxylation sites is 2. The Bertz CT molecular complexity index is 672. The van der Waals surface area contributed by atoms with Gasteiger partial charge in [-0.25, -0.2) is 9.59 Å². The Labute approximate surface area is 141 Å². The van der Waals surface area contributed by atoms with Crippen molar-refractivity contribution in [2.24, 2.45) is 0 Å². The summed E-state index contributed by atoms with van der Waals surface area (Å²) >= 11 is 0. The number of rotatable bonds is 5. The molecule has 0 aliphatic rings. The molecule has 6 heteroatoms. The Morgan fingerprint density at radius 3 is 1.92 bits per heavy atom. The highest BCUT2D eigenvalue weighted by molar-refractivity contribution is 5.89. The highest BCUT2D eigenvalue weighted by Gasteiger charge is 2.22. The van der Waals surface area contributed by atoms with Crippen molar-refractivity contribution in [2.45, 2.75) is 19.4 Å². The number of anilines is 2. The number of urea groups is 1. The number of hydrogen-bond acceptors (Lipinski definition) is 3. The number of amides is 3. The van der Waals surface area contributed by atoms with E-state index in [1.54, 1.807) is 38.1 Å². The van der Waals surface area contributed by atoms with Gasteiger partial charge in [0.05, 0.1) is 5.54 Å². The number of carbonyl (C=O) groups excluding carboxylic acids is 2. The molecular weight excluding hydrogens is 306 g/mol. The molecule has 0 aliphatic carbocycles. The minimum absolute atomic E-state index is 0.0356. The van der Waals surface area contributed by atoms with Crippen LogP contribution in [0.2, 0.25) is 0 Å². The minimum Gasteiger partial charge on any atom is -0.447 e. The quantitative estimate of drug-likeness (QED) is 0.780. The van der Waals surface area contributed by atoms with Crippen molar-refractivity contribution in [1.82, 2.24) is 5.32 Å². The summed E-state index contributed by atoms with van der Waals surface area (Å²) in [6, 6.07) is 17.8. The topological polar surface area (TPSA) is 79.5 Å². The van der Waals surface area contributed by atoms with Crippen LogP contribution in [0.15, 0.2) is 60.7 Å². The van der Waals surface area contributed by atoms with Gasteiger partial charge in [0.2, 0.25) is 0 Å². The SMILES string of the molecule is CC(C)(COC(=O)Nc1ccccc1)NC(=O)Nc1ccccc1. The Hall–Kier alpha value is -3.02. The van der Waals surface area contributed by atoms with Crippen molar-refractivity contribution in [3.63, 3.8) is 0 Å². The maximum absolute atomic E-state index is 12.0. The predicted molar refractivity (Wildman–Crippen MR) is 94.1 cm³/mol. The summed E-state index contributed by atoms with van der Waals surface area (Å²) in [6.07, 6.45) is -0.570. The third kappa shape index (κ3) is 6.00. The van der Waals surface area contributed by atoms with Crippen molar-refractivity contribution in [1.29, 1.82) is 0 Å². The summed E-state index contributed by atoms with van der Waals surface area (Å²) in [7, 11) is 0. The second-order valence-corrected chi connectivity index (χ2v) is 5.90. The van der Waals surface area contributed by atoms with Gasteiger partial charge < -0.3 is 15.4 Å². The lowest BCUT2D eigenvalue weighted by Gasteiger charge is -2.25. The third-order valence-electron chi connectivity index (χ3n) is 3.07. The van der Waals surface area contributed by atoms with E-state index < -0.39 is 11.6 Å². The molecule has 0 bridgehead atoms. The first-order chi connectivity index (χ1) is 11.4. The van der Waals surface area contributed by atoms with Crippen LogP contribution >= 0.6 is 0 Å². The van der Waals surface area contributed by atoms with Gasteiger partial charge in [-0.05, 0) is 38.1 Å². The molecule has 6 nitrogen and oxygen atoms in total. The number of hydrogen-bond donors (Lipinski definition) is 3. The van der Waals surface area contributed by atoms with Crippen LogP contribution in [-0.4, -0.2) is 24.3 Å². The van der Waals surface area contributed by atoms with Gasteiger partial charge in [0, 0.05) is 11.4 Å². The average Bonchev–Trinajstić information content (AvgIpc) is 2.54. The molecule has 0 aromatic heterocycles. The second-order valence-electron chi connectivity index (χ2n) is 5.90. The normalized spacial score (nSPS) is 10.6. The number of ether oxygens (including phenoxy) is 1. The lowest BCUT2D eigenvalue weighted by molar-refractivity contribution is 0.129. The Balaban J connectivity index is 1.78. The van der Waals surface area contributed by atoms with Gasteiger partial charge in [-0.1, -0.05) is 36.4 Å². The van der Waals surface area contributed by atoms with E-state index in [0.29, 0.717) is 11.4 Å². The molecule has 0 atom stereocenters. The molecule has 0 spiro atoms. The monoisotopic (exact) mass is 327 g/mol. The van der Waals surface area contributed by atoms with Crippen molar-refractivity contribution in [3.05, 3.63) is 60.7 Å². The van der Waals surface area contributed by atoms with Gasteiger partial charge in [-0.15, -0.1) is 0 Å². The van der Waals surface area contributed by atoms with Gasteiger partial charge in [0.15, 0.2) is 0 Å². The standard InChI is InChI=1S/C18H21N3O3/c1-18(2,21-16(22)19-14-9-5-3-6-10-14)13-24-17(23)20-15-11-7-4-8-12-15/h3-12H,13H2,1-2H3,(H,20,23)(H2,19,21,22). The van der Waals surface area contributed by atoms with Crippen LogP contribution in [0, 0.1) is 0 Å². The van der Waals surface area contributed by atoms with Crippen molar-refractivity contribution < 1.29 is 14.3 Å². The molecule has 0 unspecified atom stereocenters. The average molecular weight is 327 g/mol. The minimum atomic E-state index is -0.715. The van der Waals surface area contributed by atoms with E-state index in [1.807, 2.05) is 36.4 Å². The highest BCUT2D eigenvalue weighted by atomic mass is 16.5. The molecule has 2 aromatic rings. The second kappa shape index (κ2) is 8.01. The zero-order chi connectivity index (χ0) is 17.4. The van der Waals surface area contributed by atoms with Gasteiger partial charge >= 0.3 is 12.1 Å². The summed E-state index contributed by atoms with van der Waals surface area (Å²) < 4.78 is 5.17. The van der Waals surface area contributed by atoms with Crippen molar-refractivity contribution >= 4 is 23.5 Å². The molecular formula is C18H21N3O3. The summed E-state index contributed by atoms with van der Waals surface area (Å²) in [5.41, 5.74) is 0.621. The molecule has 0 saturated carbocycles. The Morgan fingerprint density at radius 2 is 1.38 bits per heavy atom. The van der Waals surface area contributed by atoms with Crippen molar-refractivity contribution in [3.8, 4) is 0 Å². The first-order valence-corrected chi connectivity index (χ1v) is 7.58. The molecule has 0 fully saturated rings. The molecule has 2 rings (SSSR count). The Kier molecular flexibility index (Phi) is 5.78. The Morgan fingerprint density at radius 1 is 0.875 bits per heavy atom. The van der Waals surface area contributed by atoms with Crippen LogP contribution in [-0.2, 0) is 4.74 Å². The van der Waals surface area contributed by atoms with Gasteiger partial charge in [-0.3, -0.25) is 5.32 Å². The lowest BCUT2D eigenvalue weighted by Crippen LogP contribution is -2.49.